The van der Waals surface area contributed by atoms with Gasteiger partial charge < -0.3 is 4.74 Å². The minimum atomic E-state index is -0.744. The summed E-state index contributed by atoms with van der Waals surface area (Å²) in [5.41, 5.74) is 0. The number of nitrogens with one attached hydrogen (secondary N) is 1. The van der Waals surface area contributed by atoms with Gasteiger partial charge in [0.2, 0.25) is 11.8 Å². The molecule has 0 saturated carbocycles. The zero-order valence-electron chi connectivity index (χ0n) is 11.3. The van der Waals surface area contributed by atoms with Crippen LogP contribution in [-0.2, 0) is 14.3 Å². The predicted octanol–water partition coefficient (Wildman–Crippen LogP) is 1.05. The summed E-state index contributed by atoms with van der Waals surface area (Å²) < 4.78 is 5.53. The van der Waals surface area contributed by atoms with Gasteiger partial charge in [0, 0.05) is 6.61 Å². The van der Waals surface area contributed by atoms with Crippen molar-refractivity contribution in [2.24, 2.45) is 5.92 Å². The van der Waals surface area contributed by atoms with E-state index in [0.29, 0.717) is 13.0 Å². The summed E-state index contributed by atoms with van der Waals surface area (Å²) >= 11 is 0. The number of barbiturate groups is 1. The molecule has 0 radical (unpaired) electrons. The monoisotopic (exact) mass is 268 g/mol. The first-order valence-electron chi connectivity index (χ1n) is 6.85. The average Bonchev–Trinajstić information content (AvgIpc) is 2.87. The largest absolute Gasteiger partial charge is 0.376 e. The Morgan fingerprint density at radius 1 is 1.42 bits per heavy atom. The molecule has 0 bridgehead atoms. The molecule has 0 spiro atoms. The van der Waals surface area contributed by atoms with E-state index in [-0.39, 0.29) is 12.1 Å². The molecule has 2 aliphatic rings. The molecule has 3 unspecified atom stereocenters. The van der Waals surface area contributed by atoms with Gasteiger partial charge in [-0.15, -0.1) is 0 Å². The normalized spacial score (nSPS) is 29.6. The summed E-state index contributed by atoms with van der Waals surface area (Å²) in [5.74, 6) is -1.61. The van der Waals surface area contributed by atoms with E-state index in [1.165, 1.54) is 0 Å². The van der Waals surface area contributed by atoms with Crippen LogP contribution < -0.4 is 5.32 Å². The second-order valence-corrected chi connectivity index (χ2v) is 5.14. The zero-order chi connectivity index (χ0) is 14.0. The van der Waals surface area contributed by atoms with E-state index in [2.05, 4.69) is 5.32 Å². The van der Waals surface area contributed by atoms with Crippen molar-refractivity contribution >= 4 is 17.8 Å². The third-order valence-corrected chi connectivity index (χ3v) is 3.79. The average molecular weight is 268 g/mol. The Labute approximate surface area is 112 Å². The molecule has 106 valence electrons. The van der Waals surface area contributed by atoms with Crippen molar-refractivity contribution in [2.45, 2.75) is 51.7 Å². The van der Waals surface area contributed by atoms with Gasteiger partial charge in [-0.25, -0.2) is 4.79 Å². The van der Waals surface area contributed by atoms with Crippen LogP contribution in [0.3, 0.4) is 0 Å². The Balaban J connectivity index is 2.15. The highest BCUT2D eigenvalue weighted by atomic mass is 16.5. The van der Waals surface area contributed by atoms with Gasteiger partial charge in [-0.05, 0) is 26.2 Å². The third-order valence-electron chi connectivity index (χ3n) is 3.79. The molecule has 19 heavy (non-hydrogen) atoms. The van der Waals surface area contributed by atoms with Crippen molar-refractivity contribution in [3.8, 4) is 0 Å². The predicted molar refractivity (Wildman–Crippen MR) is 67.2 cm³/mol. The second kappa shape index (κ2) is 5.69. The van der Waals surface area contributed by atoms with Gasteiger partial charge in [0.25, 0.3) is 0 Å². The Bertz CT molecular complexity index is 390. The van der Waals surface area contributed by atoms with Crippen LogP contribution in [0.15, 0.2) is 0 Å². The topological polar surface area (TPSA) is 75.7 Å². The quantitative estimate of drug-likeness (QED) is 0.773. The molecule has 2 rings (SSSR count). The molecule has 0 aromatic rings. The van der Waals surface area contributed by atoms with Crippen molar-refractivity contribution in [3.63, 3.8) is 0 Å². The molecule has 2 heterocycles. The smallest absolute Gasteiger partial charge is 0.331 e. The first-order chi connectivity index (χ1) is 9.06. The number of imide groups is 2. The van der Waals surface area contributed by atoms with Crippen molar-refractivity contribution in [1.29, 1.82) is 0 Å². The highest BCUT2D eigenvalue weighted by Gasteiger charge is 2.44. The van der Waals surface area contributed by atoms with Crippen LogP contribution in [0.5, 0.6) is 0 Å². The van der Waals surface area contributed by atoms with Crippen molar-refractivity contribution in [3.05, 3.63) is 0 Å². The number of hydrogen-bond donors (Lipinski definition) is 1. The van der Waals surface area contributed by atoms with Gasteiger partial charge in [0.05, 0.1) is 12.1 Å². The van der Waals surface area contributed by atoms with Crippen molar-refractivity contribution in [2.75, 3.05) is 6.61 Å². The maximum atomic E-state index is 12.3. The van der Waals surface area contributed by atoms with Crippen LogP contribution in [0.4, 0.5) is 4.79 Å². The maximum Gasteiger partial charge on any atom is 0.331 e. The molecule has 1 N–H and O–H groups in total. The number of hydrogen-bond acceptors (Lipinski definition) is 4. The number of nitrogens with zero attached hydrogens (tertiary/aromatic N) is 1. The van der Waals surface area contributed by atoms with Gasteiger partial charge in [-0.3, -0.25) is 19.8 Å². The molecular formula is C13H20N2O4. The second-order valence-electron chi connectivity index (χ2n) is 5.14. The lowest BCUT2D eigenvalue weighted by atomic mass is 9.97. The number of rotatable bonds is 4. The molecular weight excluding hydrogens is 248 g/mol. The van der Waals surface area contributed by atoms with Crippen molar-refractivity contribution < 1.29 is 19.1 Å². The van der Waals surface area contributed by atoms with E-state index in [9.17, 15) is 14.4 Å². The molecule has 4 amide bonds. The summed E-state index contributed by atoms with van der Waals surface area (Å²) in [4.78, 5) is 37.1. The summed E-state index contributed by atoms with van der Waals surface area (Å²) in [6, 6.07) is -0.951. The minimum Gasteiger partial charge on any atom is -0.376 e. The van der Waals surface area contributed by atoms with Crippen molar-refractivity contribution in [1.82, 2.24) is 10.2 Å². The third kappa shape index (κ3) is 2.63. The van der Waals surface area contributed by atoms with Crippen LogP contribution in [0.2, 0.25) is 0 Å². The highest BCUT2D eigenvalue weighted by Crippen LogP contribution is 2.24. The van der Waals surface area contributed by atoms with Crippen LogP contribution in [0, 0.1) is 5.92 Å². The summed E-state index contributed by atoms with van der Waals surface area (Å²) in [5, 5.41) is 2.27. The molecule has 2 fully saturated rings. The fourth-order valence-electron chi connectivity index (χ4n) is 2.71. The van der Waals surface area contributed by atoms with E-state index in [4.69, 9.17) is 4.74 Å². The lowest BCUT2D eigenvalue weighted by Crippen LogP contribution is -2.62. The fourth-order valence-corrected chi connectivity index (χ4v) is 2.71. The van der Waals surface area contributed by atoms with Gasteiger partial charge >= 0.3 is 6.03 Å². The lowest BCUT2D eigenvalue weighted by molar-refractivity contribution is -0.145. The van der Waals surface area contributed by atoms with E-state index < -0.39 is 23.8 Å². The minimum absolute atomic E-state index is 0.120. The van der Waals surface area contributed by atoms with Crippen LogP contribution >= 0.6 is 0 Å². The van der Waals surface area contributed by atoms with Gasteiger partial charge in [-0.2, -0.15) is 0 Å². The molecule has 6 nitrogen and oxygen atoms in total. The molecule has 6 heteroatoms. The molecule has 2 saturated heterocycles. The lowest BCUT2D eigenvalue weighted by Gasteiger charge is -2.36. The number of ether oxygens (including phenoxy) is 1. The first kappa shape index (κ1) is 14.0. The maximum absolute atomic E-state index is 12.3. The van der Waals surface area contributed by atoms with Crippen LogP contribution in [-0.4, -0.2) is 41.5 Å². The standard InChI is InChI=1S/C13H20N2O4/c1-3-5-9-11(16)14-13(18)15(12(9)17)8(2)10-6-4-7-19-10/h8-10H,3-7H2,1-2H3,(H,14,16,18). The van der Waals surface area contributed by atoms with E-state index >= 15 is 0 Å². The Morgan fingerprint density at radius 3 is 2.74 bits per heavy atom. The SMILES string of the molecule is CCCC1C(=O)NC(=O)N(C(C)C2CCCO2)C1=O. The number of carbonyl (C=O) groups is 3. The fraction of sp³-hybridized carbons (Fsp3) is 0.769. The zero-order valence-corrected chi connectivity index (χ0v) is 11.3. The Kier molecular flexibility index (Phi) is 4.19. The van der Waals surface area contributed by atoms with E-state index in [1.807, 2.05) is 6.92 Å². The summed E-state index contributed by atoms with van der Waals surface area (Å²) in [6.07, 6.45) is 2.85. The Morgan fingerprint density at radius 2 is 2.16 bits per heavy atom. The Hall–Kier alpha value is -1.43. The van der Waals surface area contributed by atoms with E-state index in [0.717, 1.165) is 24.2 Å². The van der Waals surface area contributed by atoms with Gasteiger partial charge in [0.1, 0.15) is 5.92 Å². The summed E-state index contributed by atoms with van der Waals surface area (Å²) in [7, 11) is 0. The molecule has 3 atom stereocenters. The highest BCUT2D eigenvalue weighted by molar-refractivity contribution is 6.16. The van der Waals surface area contributed by atoms with Crippen LogP contribution in [0.25, 0.3) is 0 Å². The molecule has 0 aromatic heterocycles. The van der Waals surface area contributed by atoms with Gasteiger partial charge in [0.15, 0.2) is 0 Å². The summed E-state index contributed by atoms with van der Waals surface area (Å²) in [6.45, 7) is 4.37. The van der Waals surface area contributed by atoms with Crippen LogP contribution in [0.1, 0.15) is 39.5 Å². The van der Waals surface area contributed by atoms with E-state index in [1.54, 1.807) is 6.92 Å². The first-order valence-corrected chi connectivity index (χ1v) is 6.85. The van der Waals surface area contributed by atoms with Gasteiger partial charge in [-0.1, -0.05) is 13.3 Å². The number of amides is 4. The molecule has 0 aromatic carbocycles. The molecule has 2 aliphatic heterocycles. The number of urea groups is 1. The number of carbonyl (C=O) groups excluding carboxylic acids is 3. The molecule has 0 aliphatic carbocycles.